The van der Waals surface area contributed by atoms with Crippen LogP contribution in [0.1, 0.15) is 97.8 Å². The molecular formula is C24H41N3O4. The molecule has 1 atom stereocenters. The van der Waals surface area contributed by atoms with Gasteiger partial charge >= 0.3 is 12.1 Å². The molecule has 1 heterocycles. The van der Waals surface area contributed by atoms with Gasteiger partial charge in [0.25, 0.3) is 0 Å². The SMILES string of the molecule is CC(C)(C)OC(=O)N1CCC[C@H](C(=O)N(C(=O)NC2CCCCC2)C2CCCCC2)C1. The first-order valence-electron chi connectivity index (χ1n) is 12.4. The molecule has 7 heteroatoms. The summed E-state index contributed by atoms with van der Waals surface area (Å²) in [5.74, 6) is -0.464. The minimum atomic E-state index is -0.567. The van der Waals surface area contributed by atoms with Crippen molar-refractivity contribution >= 4 is 18.0 Å². The molecule has 0 radical (unpaired) electrons. The minimum absolute atomic E-state index is 0.0262. The number of piperidine rings is 1. The highest BCUT2D eigenvalue weighted by Crippen LogP contribution is 2.28. The highest BCUT2D eigenvalue weighted by Gasteiger charge is 2.39. The molecule has 1 aliphatic heterocycles. The molecule has 3 aliphatic rings. The van der Waals surface area contributed by atoms with Crippen molar-refractivity contribution in [2.75, 3.05) is 13.1 Å². The number of nitrogens with one attached hydrogen (secondary N) is 1. The normalized spacial score (nSPS) is 23.8. The first kappa shape index (κ1) is 23.9. The minimum Gasteiger partial charge on any atom is -0.444 e. The van der Waals surface area contributed by atoms with E-state index in [9.17, 15) is 14.4 Å². The Labute approximate surface area is 187 Å². The molecule has 0 aromatic carbocycles. The van der Waals surface area contributed by atoms with Crippen LogP contribution in [0.15, 0.2) is 0 Å². The lowest BCUT2D eigenvalue weighted by molar-refractivity contribution is -0.136. The van der Waals surface area contributed by atoms with Crippen LogP contribution in [0.25, 0.3) is 0 Å². The van der Waals surface area contributed by atoms with Gasteiger partial charge in [-0.2, -0.15) is 0 Å². The van der Waals surface area contributed by atoms with Crippen molar-refractivity contribution in [1.82, 2.24) is 15.1 Å². The molecule has 3 fully saturated rings. The average molecular weight is 436 g/mol. The van der Waals surface area contributed by atoms with Gasteiger partial charge in [0.05, 0.1) is 5.92 Å². The van der Waals surface area contributed by atoms with Crippen LogP contribution in [0.3, 0.4) is 0 Å². The molecule has 3 rings (SSSR count). The predicted octanol–water partition coefficient (Wildman–Crippen LogP) is 4.84. The highest BCUT2D eigenvalue weighted by atomic mass is 16.6. The first-order chi connectivity index (χ1) is 14.7. The van der Waals surface area contributed by atoms with E-state index < -0.39 is 5.60 Å². The van der Waals surface area contributed by atoms with Crippen molar-refractivity contribution < 1.29 is 19.1 Å². The summed E-state index contributed by atoms with van der Waals surface area (Å²) >= 11 is 0. The van der Waals surface area contributed by atoms with Gasteiger partial charge in [0.2, 0.25) is 5.91 Å². The van der Waals surface area contributed by atoms with Crippen molar-refractivity contribution in [1.29, 1.82) is 0 Å². The Morgan fingerprint density at radius 2 is 1.48 bits per heavy atom. The number of carbonyl (C=O) groups excluding carboxylic acids is 3. The van der Waals surface area contributed by atoms with Crippen LogP contribution in [-0.2, 0) is 9.53 Å². The second-order valence-corrected chi connectivity index (χ2v) is 10.6. The quantitative estimate of drug-likeness (QED) is 0.688. The van der Waals surface area contributed by atoms with E-state index in [1.54, 1.807) is 4.90 Å². The molecular weight excluding hydrogens is 394 g/mol. The Morgan fingerprint density at radius 1 is 0.871 bits per heavy atom. The van der Waals surface area contributed by atoms with E-state index in [0.717, 1.165) is 57.8 Å². The fourth-order valence-corrected chi connectivity index (χ4v) is 5.14. The maximum absolute atomic E-state index is 13.6. The Morgan fingerprint density at radius 3 is 2.10 bits per heavy atom. The Bertz CT molecular complexity index is 633. The van der Waals surface area contributed by atoms with Crippen LogP contribution in [0.4, 0.5) is 9.59 Å². The van der Waals surface area contributed by atoms with Crippen LogP contribution < -0.4 is 5.32 Å². The number of hydrogen-bond acceptors (Lipinski definition) is 4. The van der Waals surface area contributed by atoms with Gasteiger partial charge in [-0.1, -0.05) is 38.5 Å². The van der Waals surface area contributed by atoms with E-state index in [-0.39, 0.29) is 36.0 Å². The Hall–Kier alpha value is -1.79. The molecule has 7 nitrogen and oxygen atoms in total. The first-order valence-corrected chi connectivity index (χ1v) is 12.4. The summed E-state index contributed by atoms with van der Waals surface area (Å²) in [6.45, 7) is 6.46. The third-order valence-electron chi connectivity index (χ3n) is 6.75. The van der Waals surface area contributed by atoms with Gasteiger partial charge in [-0.05, 0) is 59.3 Å². The lowest BCUT2D eigenvalue weighted by atomic mass is 9.91. The zero-order valence-electron chi connectivity index (χ0n) is 19.7. The molecule has 1 N–H and O–H groups in total. The number of imide groups is 1. The third kappa shape index (κ3) is 6.84. The van der Waals surface area contributed by atoms with Crippen LogP contribution >= 0.6 is 0 Å². The zero-order chi connectivity index (χ0) is 22.4. The summed E-state index contributed by atoms with van der Waals surface area (Å²) in [7, 11) is 0. The summed E-state index contributed by atoms with van der Waals surface area (Å²) < 4.78 is 5.51. The summed E-state index contributed by atoms with van der Waals surface area (Å²) in [5.41, 5.74) is -0.567. The number of urea groups is 1. The summed E-state index contributed by atoms with van der Waals surface area (Å²) in [5, 5.41) is 3.16. The molecule has 2 saturated carbocycles. The second-order valence-electron chi connectivity index (χ2n) is 10.6. The van der Waals surface area contributed by atoms with Gasteiger partial charge in [0.1, 0.15) is 5.60 Å². The molecule has 0 spiro atoms. The molecule has 4 amide bonds. The predicted molar refractivity (Wildman–Crippen MR) is 120 cm³/mol. The number of rotatable bonds is 3. The fourth-order valence-electron chi connectivity index (χ4n) is 5.14. The van der Waals surface area contributed by atoms with Gasteiger partial charge in [-0.25, -0.2) is 9.59 Å². The second kappa shape index (κ2) is 10.7. The molecule has 31 heavy (non-hydrogen) atoms. The molecule has 0 unspecified atom stereocenters. The fraction of sp³-hybridized carbons (Fsp3) is 0.875. The van der Waals surface area contributed by atoms with E-state index in [1.807, 2.05) is 20.8 Å². The van der Waals surface area contributed by atoms with Gasteiger partial charge in [-0.15, -0.1) is 0 Å². The van der Waals surface area contributed by atoms with E-state index in [4.69, 9.17) is 4.74 Å². The molecule has 0 aromatic heterocycles. The van der Waals surface area contributed by atoms with Crippen molar-refractivity contribution in [3.05, 3.63) is 0 Å². The van der Waals surface area contributed by atoms with Crippen molar-refractivity contribution in [2.45, 2.75) is 116 Å². The van der Waals surface area contributed by atoms with Crippen molar-refractivity contribution in [2.24, 2.45) is 5.92 Å². The topological polar surface area (TPSA) is 79.0 Å². The molecule has 0 aromatic rings. The van der Waals surface area contributed by atoms with E-state index >= 15 is 0 Å². The van der Waals surface area contributed by atoms with Crippen molar-refractivity contribution in [3.8, 4) is 0 Å². The van der Waals surface area contributed by atoms with Crippen LogP contribution in [0.5, 0.6) is 0 Å². The highest BCUT2D eigenvalue weighted by molar-refractivity contribution is 5.96. The third-order valence-corrected chi connectivity index (χ3v) is 6.75. The number of carbonyl (C=O) groups is 3. The number of nitrogens with zero attached hydrogens (tertiary/aromatic N) is 2. The largest absolute Gasteiger partial charge is 0.444 e. The smallest absolute Gasteiger partial charge is 0.410 e. The van der Waals surface area contributed by atoms with Crippen LogP contribution in [0, 0.1) is 5.92 Å². The number of amides is 4. The van der Waals surface area contributed by atoms with Crippen LogP contribution in [-0.4, -0.2) is 58.6 Å². The van der Waals surface area contributed by atoms with E-state index in [1.165, 1.54) is 17.7 Å². The number of ether oxygens (including phenoxy) is 1. The lowest BCUT2D eigenvalue weighted by Crippen LogP contribution is -2.56. The van der Waals surface area contributed by atoms with Gasteiger partial charge in [0, 0.05) is 25.2 Å². The summed E-state index contributed by atoms with van der Waals surface area (Å²) in [6, 6.07) is -0.0790. The number of likely N-dealkylation sites (tertiary alicyclic amines) is 1. The maximum atomic E-state index is 13.6. The van der Waals surface area contributed by atoms with Crippen molar-refractivity contribution in [3.63, 3.8) is 0 Å². The van der Waals surface area contributed by atoms with Gasteiger partial charge < -0.3 is 15.0 Å². The average Bonchev–Trinajstić information content (AvgIpc) is 2.74. The van der Waals surface area contributed by atoms with Gasteiger partial charge in [-0.3, -0.25) is 9.69 Å². The standard InChI is InChI=1S/C24H41N3O4/c1-24(2,3)31-23(30)26-16-10-11-18(17-26)21(28)27(20-14-8-5-9-15-20)22(29)25-19-12-6-4-7-13-19/h18-20H,4-17H2,1-3H3,(H,25,29)/t18-/m0/s1. The van der Waals surface area contributed by atoms with E-state index in [0.29, 0.717) is 19.5 Å². The molecule has 1 saturated heterocycles. The molecule has 176 valence electrons. The summed E-state index contributed by atoms with van der Waals surface area (Å²) in [4.78, 5) is 42.6. The number of hydrogen-bond donors (Lipinski definition) is 1. The Kier molecular flexibility index (Phi) is 8.23. The maximum Gasteiger partial charge on any atom is 0.410 e. The van der Waals surface area contributed by atoms with Gasteiger partial charge in [0.15, 0.2) is 0 Å². The van der Waals surface area contributed by atoms with E-state index in [2.05, 4.69) is 5.32 Å². The summed E-state index contributed by atoms with van der Waals surface area (Å²) in [6.07, 6.45) is 11.6. The van der Waals surface area contributed by atoms with Crippen LogP contribution in [0.2, 0.25) is 0 Å². The monoisotopic (exact) mass is 435 g/mol. The Balaban J connectivity index is 1.69. The zero-order valence-corrected chi connectivity index (χ0v) is 19.7. The molecule has 2 aliphatic carbocycles. The molecule has 0 bridgehead atoms. The lowest BCUT2D eigenvalue weighted by Gasteiger charge is -2.39.